The molecule has 1 saturated heterocycles. The molecule has 0 aliphatic carbocycles. The van der Waals surface area contributed by atoms with E-state index in [9.17, 15) is 0 Å². The average Bonchev–Trinajstić information content (AvgIpc) is 2.90. The quantitative estimate of drug-likeness (QED) is 0.415. The molecule has 0 aromatic carbocycles. The Morgan fingerprint density at radius 3 is 1.50 bits per heavy atom. The number of rotatable bonds is 2. The first-order valence-corrected chi connectivity index (χ1v) is 3.19. The van der Waals surface area contributed by atoms with E-state index in [-0.39, 0.29) is 19.4 Å². The van der Waals surface area contributed by atoms with Crippen molar-refractivity contribution < 1.29 is 29.6 Å². The third-order valence-electron chi connectivity index (χ3n) is 0.626. The summed E-state index contributed by atoms with van der Waals surface area (Å²) in [7, 11) is 0. The molecule has 1 fully saturated rings. The van der Waals surface area contributed by atoms with E-state index in [0.717, 1.165) is 13.2 Å². The van der Waals surface area contributed by atoms with Gasteiger partial charge in [-0.25, -0.2) is 0 Å². The molecule has 0 saturated carbocycles. The van der Waals surface area contributed by atoms with Gasteiger partial charge in [-0.15, -0.1) is 0 Å². The van der Waals surface area contributed by atoms with Crippen LogP contribution in [0.3, 0.4) is 0 Å². The predicted molar refractivity (Wildman–Crippen MR) is 36.0 cm³/mol. The van der Waals surface area contributed by atoms with Crippen LogP contribution in [0.15, 0.2) is 0 Å². The van der Waals surface area contributed by atoms with Crippen LogP contribution in [-0.4, -0.2) is 54.0 Å². The molecule has 1 aliphatic rings. The lowest BCUT2D eigenvalue weighted by Gasteiger charge is -1.96. The largest absolute Gasteiger partial charge is 0.394 e. The number of ether oxygens (including phenoxy) is 1. The summed E-state index contributed by atoms with van der Waals surface area (Å²) in [5.74, 6) is 0. The summed E-state index contributed by atoms with van der Waals surface area (Å²) in [4.78, 5) is 16.2. The Bertz CT molecular complexity index is 99.9. The van der Waals surface area contributed by atoms with Crippen molar-refractivity contribution in [2.45, 2.75) is 6.10 Å². The van der Waals surface area contributed by atoms with E-state index in [2.05, 4.69) is 4.74 Å². The zero-order valence-corrected chi connectivity index (χ0v) is 6.47. The topological polar surface area (TPSA) is 107 Å². The Hall–Kier alpha value is -0.780. The third kappa shape index (κ3) is 35.0. The average molecular weight is 180 g/mol. The molecular formula is C6H12O6. The highest BCUT2D eigenvalue weighted by Crippen LogP contribution is 1.84. The fourth-order valence-electron chi connectivity index (χ4n) is 0.0577. The van der Waals surface area contributed by atoms with Crippen molar-refractivity contribution in [3.05, 3.63) is 0 Å². The summed E-state index contributed by atoms with van der Waals surface area (Å²) in [6, 6.07) is 0. The highest BCUT2D eigenvalue weighted by atomic mass is 16.6. The molecule has 72 valence electrons. The zero-order chi connectivity index (χ0) is 9.82. The maximum atomic E-state index is 8.17. The molecule has 0 atom stereocenters. The van der Waals surface area contributed by atoms with Gasteiger partial charge in [-0.05, 0) is 0 Å². The Labute approximate surface area is 69.4 Å². The van der Waals surface area contributed by atoms with Gasteiger partial charge in [0.2, 0.25) is 0 Å². The molecule has 0 bridgehead atoms. The van der Waals surface area contributed by atoms with E-state index in [4.69, 9.17) is 24.9 Å². The van der Waals surface area contributed by atoms with Crippen LogP contribution in [0.25, 0.3) is 0 Å². The van der Waals surface area contributed by atoms with Crippen molar-refractivity contribution in [1.82, 2.24) is 0 Å². The lowest BCUT2D eigenvalue weighted by Crippen LogP contribution is -2.15. The predicted octanol–water partition coefficient (Wildman–Crippen LogP) is -2.23. The number of epoxide rings is 1. The highest BCUT2D eigenvalue weighted by Gasteiger charge is 1.94. The summed E-state index contributed by atoms with van der Waals surface area (Å²) in [6.07, 6.45) is -0.704. The number of hydrogen-bond donors (Lipinski definition) is 3. The van der Waals surface area contributed by atoms with Gasteiger partial charge in [0.15, 0.2) is 0 Å². The van der Waals surface area contributed by atoms with E-state index >= 15 is 0 Å². The number of carbonyl (C=O) groups excluding carboxylic acids is 2. The van der Waals surface area contributed by atoms with E-state index in [0.29, 0.717) is 0 Å². The normalized spacial score (nSPS) is 11.7. The Morgan fingerprint density at radius 2 is 1.50 bits per heavy atom. The van der Waals surface area contributed by atoms with Gasteiger partial charge in [-0.2, -0.15) is 9.59 Å². The van der Waals surface area contributed by atoms with Crippen molar-refractivity contribution in [3.8, 4) is 0 Å². The van der Waals surface area contributed by atoms with Crippen LogP contribution in [0.2, 0.25) is 0 Å². The molecule has 3 N–H and O–H groups in total. The second kappa shape index (κ2) is 12.9. The smallest absolute Gasteiger partial charge is 0.373 e. The Balaban J connectivity index is 0. The summed E-state index contributed by atoms with van der Waals surface area (Å²) in [6.45, 7) is 1.27. The second-order valence-electron chi connectivity index (χ2n) is 1.71. The van der Waals surface area contributed by atoms with Crippen LogP contribution in [0.5, 0.6) is 0 Å². The van der Waals surface area contributed by atoms with Crippen molar-refractivity contribution in [1.29, 1.82) is 0 Å². The third-order valence-corrected chi connectivity index (χ3v) is 0.626. The SMILES string of the molecule is C1CO1.O=C=O.OCC(O)CO. The number of hydrogen-bond acceptors (Lipinski definition) is 6. The molecule has 6 nitrogen and oxygen atoms in total. The lowest BCUT2D eigenvalue weighted by molar-refractivity contribution is -0.191. The first kappa shape index (κ1) is 13.8. The molecular weight excluding hydrogens is 168 g/mol. The summed E-state index contributed by atoms with van der Waals surface area (Å²) in [5, 5.41) is 24.0. The minimum Gasteiger partial charge on any atom is -0.394 e. The Kier molecular flexibility index (Phi) is 14.8. The molecule has 0 unspecified atom stereocenters. The van der Waals surface area contributed by atoms with Gasteiger partial charge in [-0.3, -0.25) is 0 Å². The summed E-state index contributed by atoms with van der Waals surface area (Å²) >= 11 is 0. The molecule has 0 radical (unpaired) electrons. The molecule has 0 aromatic rings. The van der Waals surface area contributed by atoms with Crippen LogP contribution in [0.1, 0.15) is 0 Å². The molecule has 1 rings (SSSR count). The van der Waals surface area contributed by atoms with E-state index < -0.39 is 6.10 Å². The zero-order valence-electron chi connectivity index (χ0n) is 6.47. The van der Waals surface area contributed by atoms with Gasteiger partial charge in [0.05, 0.1) is 26.4 Å². The number of aliphatic hydroxyl groups is 3. The monoisotopic (exact) mass is 180 g/mol. The molecule has 0 spiro atoms. The van der Waals surface area contributed by atoms with Gasteiger partial charge in [0, 0.05) is 0 Å². The van der Waals surface area contributed by atoms with Crippen molar-refractivity contribution in [2.75, 3.05) is 26.4 Å². The second-order valence-corrected chi connectivity index (χ2v) is 1.71. The highest BCUT2D eigenvalue weighted by molar-refractivity contribution is 5.20. The van der Waals surface area contributed by atoms with Gasteiger partial charge >= 0.3 is 6.15 Å². The van der Waals surface area contributed by atoms with E-state index in [1.807, 2.05) is 0 Å². The standard InChI is InChI=1S/C3H8O3.C2H4O.CO2/c4-1-3(6)2-5;1-2-3-1;2-1-3/h3-6H,1-2H2;1-2H2;. The first-order chi connectivity index (χ1) is 5.72. The van der Waals surface area contributed by atoms with Crippen molar-refractivity contribution in [2.24, 2.45) is 0 Å². The van der Waals surface area contributed by atoms with Crippen LogP contribution in [0.4, 0.5) is 0 Å². The minimum absolute atomic E-state index is 0.250. The van der Waals surface area contributed by atoms with Crippen molar-refractivity contribution >= 4 is 6.15 Å². The van der Waals surface area contributed by atoms with Crippen LogP contribution in [0, 0.1) is 0 Å². The van der Waals surface area contributed by atoms with Gasteiger partial charge in [-0.1, -0.05) is 0 Å². The molecule has 1 heterocycles. The van der Waals surface area contributed by atoms with Crippen LogP contribution >= 0.6 is 0 Å². The fourth-order valence-corrected chi connectivity index (χ4v) is 0.0577. The molecule has 0 aromatic heterocycles. The van der Waals surface area contributed by atoms with Crippen molar-refractivity contribution in [3.63, 3.8) is 0 Å². The summed E-state index contributed by atoms with van der Waals surface area (Å²) in [5.41, 5.74) is 0. The van der Waals surface area contributed by atoms with Gasteiger partial charge in [0.25, 0.3) is 0 Å². The maximum Gasteiger partial charge on any atom is 0.373 e. The van der Waals surface area contributed by atoms with E-state index in [1.165, 1.54) is 0 Å². The lowest BCUT2D eigenvalue weighted by atomic mass is 10.4. The minimum atomic E-state index is -0.954. The first-order valence-electron chi connectivity index (χ1n) is 3.19. The summed E-state index contributed by atoms with van der Waals surface area (Å²) < 4.78 is 4.50. The fraction of sp³-hybridized carbons (Fsp3) is 0.833. The van der Waals surface area contributed by atoms with Gasteiger partial charge in [0.1, 0.15) is 6.10 Å². The van der Waals surface area contributed by atoms with Crippen LogP contribution in [-0.2, 0) is 14.3 Å². The molecule has 1 aliphatic heterocycles. The molecule has 12 heavy (non-hydrogen) atoms. The Morgan fingerprint density at radius 1 is 1.25 bits per heavy atom. The van der Waals surface area contributed by atoms with Crippen LogP contribution < -0.4 is 0 Å². The van der Waals surface area contributed by atoms with E-state index in [1.54, 1.807) is 0 Å². The number of aliphatic hydroxyl groups excluding tert-OH is 3. The van der Waals surface area contributed by atoms with Gasteiger partial charge < -0.3 is 20.1 Å². The molecule has 6 heteroatoms. The molecule has 0 amide bonds. The maximum absolute atomic E-state index is 8.17.